The van der Waals surface area contributed by atoms with Crippen molar-refractivity contribution >= 4 is 16.8 Å². The first-order chi connectivity index (χ1) is 13.5. The van der Waals surface area contributed by atoms with Crippen molar-refractivity contribution in [3.8, 4) is 11.4 Å². The van der Waals surface area contributed by atoms with E-state index in [1.54, 1.807) is 13.1 Å². The Morgan fingerprint density at radius 1 is 1.14 bits per heavy atom. The highest BCUT2D eigenvalue weighted by atomic mass is 16.1. The van der Waals surface area contributed by atoms with Gasteiger partial charge in [-0.15, -0.1) is 0 Å². The van der Waals surface area contributed by atoms with Crippen LogP contribution in [0.25, 0.3) is 22.3 Å². The largest absolute Gasteiger partial charge is 0.353 e. The highest BCUT2D eigenvalue weighted by Crippen LogP contribution is 2.30. The number of fused-ring (bicyclic) bond motifs is 1. The molecule has 6 nitrogen and oxygen atoms in total. The summed E-state index contributed by atoms with van der Waals surface area (Å²) in [5.74, 6) is -0.172. The average Bonchev–Trinajstić information content (AvgIpc) is 3.03. The second-order valence-corrected chi connectivity index (χ2v) is 6.88. The van der Waals surface area contributed by atoms with Gasteiger partial charge in [0.15, 0.2) is 0 Å². The summed E-state index contributed by atoms with van der Waals surface area (Å²) in [6.45, 7) is 6.39. The monoisotopic (exact) mass is 371 g/mol. The number of hydrogen-bond donors (Lipinski definition) is 2. The molecule has 0 radical (unpaired) electrons. The molecule has 0 aliphatic carbocycles. The van der Waals surface area contributed by atoms with Crippen LogP contribution in [0, 0.1) is 20.8 Å². The molecule has 2 N–H and O–H groups in total. The Morgan fingerprint density at radius 2 is 2.00 bits per heavy atom. The lowest BCUT2D eigenvalue weighted by Crippen LogP contribution is -2.24. The molecule has 28 heavy (non-hydrogen) atoms. The van der Waals surface area contributed by atoms with Gasteiger partial charge in [0.05, 0.1) is 22.6 Å². The van der Waals surface area contributed by atoms with Crippen LogP contribution in [-0.4, -0.2) is 25.8 Å². The van der Waals surface area contributed by atoms with Crippen molar-refractivity contribution in [1.82, 2.24) is 25.3 Å². The summed E-state index contributed by atoms with van der Waals surface area (Å²) in [4.78, 5) is 28.4. The smallest absolute Gasteiger partial charge is 0.254 e. The van der Waals surface area contributed by atoms with Crippen molar-refractivity contribution in [2.24, 2.45) is 0 Å². The Morgan fingerprint density at radius 3 is 2.79 bits per heavy atom. The molecule has 0 spiro atoms. The molecule has 0 fully saturated rings. The number of benzene rings is 1. The Balaban J connectivity index is 1.60. The first-order valence-electron chi connectivity index (χ1n) is 9.12. The third-order valence-corrected chi connectivity index (χ3v) is 4.98. The minimum atomic E-state index is -0.172. The van der Waals surface area contributed by atoms with Gasteiger partial charge in [-0.05, 0) is 55.7 Å². The quantitative estimate of drug-likeness (QED) is 0.570. The van der Waals surface area contributed by atoms with Gasteiger partial charge >= 0.3 is 0 Å². The molecule has 4 aromatic rings. The van der Waals surface area contributed by atoms with E-state index >= 15 is 0 Å². The highest BCUT2D eigenvalue weighted by Gasteiger charge is 2.14. The summed E-state index contributed by atoms with van der Waals surface area (Å²) in [6.07, 6.45) is 4.79. The molecule has 3 heterocycles. The second kappa shape index (κ2) is 7.23. The van der Waals surface area contributed by atoms with Gasteiger partial charge in [0.1, 0.15) is 6.33 Å². The van der Waals surface area contributed by atoms with Gasteiger partial charge in [0.2, 0.25) is 0 Å². The summed E-state index contributed by atoms with van der Waals surface area (Å²) in [6, 6.07) is 10.2. The van der Waals surface area contributed by atoms with Crippen molar-refractivity contribution in [2.75, 3.05) is 0 Å². The fraction of sp³-hybridized carbons (Fsp3) is 0.182. The number of carbonyl (C=O) groups excluding carboxylic acids is 1. The first kappa shape index (κ1) is 17.9. The van der Waals surface area contributed by atoms with Gasteiger partial charge in [-0.2, -0.15) is 0 Å². The van der Waals surface area contributed by atoms with E-state index in [1.807, 2.05) is 24.4 Å². The number of aromatic amines is 1. The first-order valence-corrected chi connectivity index (χ1v) is 9.12. The lowest BCUT2D eigenvalue weighted by Gasteiger charge is -2.07. The average molecular weight is 371 g/mol. The number of nitrogens with zero attached hydrogens (tertiary/aromatic N) is 3. The van der Waals surface area contributed by atoms with Crippen molar-refractivity contribution in [3.05, 3.63) is 77.0 Å². The number of hydrogen-bond acceptors (Lipinski definition) is 4. The zero-order chi connectivity index (χ0) is 19.7. The number of aromatic nitrogens is 4. The van der Waals surface area contributed by atoms with E-state index in [1.165, 1.54) is 6.33 Å². The lowest BCUT2D eigenvalue weighted by atomic mass is 10.1. The van der Waals surface area contributed by atoms with Crippen molar-refractivity contribution in [1.29, 1.82) is 0 Å². The molecular formula is C22H21N5O. The number of carbonyl (C=O) groups is 1. The van der Waals surface area contributed by atoms with Crippen LogP contribution < -0.4 is 5.32 Å². The Bertz CT molecular complexity index is 1180. The SMILES string of the molecule is Cc1cccnc1-c1[nH]c2ccc(CNC(=O)c3cncnc3C)cc2c1C. The Hall–Kier alpha value is -3.54. The Labute approximate surface area is 163 Å². The maximum absolute atomic E-state index is 12.4. The number of H-pyrrole nitrogens is 1. The molecule has 0 saturated heterocycles. The predicted molar refractivity (Wildman–Crippen MR) is 109 cm³/mol. The van der Waals surface area contributed by atoms with Gasteiger partial charge in [0, 0.05) is 29.8 Å². The van der Waals surface area contributed by atoms with E-state index in [0.717, 1.165) is 39.0 Å². The molecule has 140 valence electrons. The standard InChI is InChI=1S/C22H21N5O/c1-13-5-4-8-24-20(13)21-14(2)17-9-16(6-7-19(17)27-21)10-25-22(28)18-11-23-12-26-15(18)3/h4-9,11-12,27H,10H2,1-3H3,(H,25,28). The van der Waals surface area contributed by atoms with Gasteiger partial charge < -0.3 is 10.3 Å². The maximum atomic E-state index is 12.4. The minimum Gasteiger partial charge on any atom is -0.353 e. The van der Waals surface area contributed by atoms with Crippen molar-refractivity contribution < 1.29 is 4.79 Å². The molecule has 0 aliphatic rings. The lowest BCUT2D eigenvalue weighted by molar-refractivity contribution is 0.0949. The van der Waals surface area contributed by atoms with Gasteiger partial charge in [-0.1, -0.05) is 12.1 Å². The number of nitrogens with one attached hydrogen (secondary N) is 2. The molecule has 1 aromatic carbocycles. The van der Waals surface area contributed by atoms with E-state index in [-0.39, 0.29) is 5.91 Å². The number of amides is 1. The summed E-state index contributed by atoms with van der Waals surface area (Å²) >= 11 is 0. The summed E-state index contributed by atoms with van der Waals surface area (Å²) in [5, 5.41) is 4.08. The molecule has 0 saturated carbocycles. The van der Waals surface area contributed by atoms with Gasteiger partial charge in [-0.25, -0.2) is 9.97 Å². The molecule has 0 atom stereocenters. The topological polar surface area (TPSA) is 83.6 Å². The van der Waals surface area contributed by atoms with E-state index < -0.39 is 0 Å². The van der Waals surface area contributed by atoms with Crippen LogP contribution in [0.2, 0.25) is 0 Å². The van der Waals surface area contributed by atoms with Crippen LogP contribution in [-0.2, 0) is 6.54 Å². The van der Waals surface area contributed by atoms with Crippen LogP contribution in [0.3, 0.4) is 0 Å². The second-order valence-electron chi connectivity index (χ2n) is 6.88. The van der Waals surface area contributed by atoms with Crippen LogP contribution in [0.15, 0.2) is 49.1 Å². The van der Waals surface area contributed by atoms with Crippen molar-refractivity contribution in [2.45, 2.75) is 27.3 Å². The normalized spacial score (nSPS) is 11.0. The zero-order valence-electron chi connectivity index (χ0n) is 16.1. The van der Waals surface area contributed by atoms with E-state index in [0.29, 0.717) is 17.8 Å². The van der Waals surface area contributed by atoms with E-state index in [9.17, 15) is 4.79 Å². The summed E-state index contributed by atoms with van der Waals surface area (Å²) in [7, 11) is 0. The molecule has 3 aromatic heterocycles. The highest BCUT2D eigenvalue weighted by molar-refractivity contribution is 5.95. The third kappa shape index (κ3) is 3.24. The van der Waals surface area contributed by atoms with Gasteiger partial charge in [0.25, 0.3) is 5.91 Å². The van der Waals surface area contributed by atoms with E-state index in [4.69, 9.17) is 0 Å². The van der Waals surface area contributed by atoms with Crippen LogP contribution >= 0.6 is 0 Å². The molecule has 0 unspecified atom stereocenters. The number of aryl methyl sites for hydroxylation is 3. The minimum absolute atomic E-state index is 0.172. The van der Waals surface area contributed by atoms with Crippen LogP contribution in [0.1, 0.15) is 32.7 Å². The zero-order valence-corrected chi connectivity index (χ0v) is 16.1. The predicted octanol–water partition coefficient (Wildman–Crippen LogP) is 3.88. The van der Waals surface area contributed by atoms with E-state index in [2.05, 4.69) is 51.2 Å². The molecule has 4 rings (SSSR count). The van der Waals surface area contributed by atoms with Crippen LogP contribution in [0.4, 0.5) is 0 Å². The fourth-order valence-corrected chi connectivity index (χ4v) is 3.36. The summed E-state index contributed by atoms with van der Waals surface area (Å²) < 4.78 is 0. The molecule has 0 bridgehead atoms. The van der Waals surface area contributed by atoms with Crippen molar-refractivity contribution in [3.63, 3.8) is 0 Å². The maximum Gasteiger partial charge on any atom is 0.254 e. The van der Waals surface area contributed by atoms with Gasteiger partial charge in [-0.3, -0.25) is 9.78 Å². The Kier molecular flexibility index (Phi) is 4.61. The molecule has 1 amide bonds. The molecule has 6 heteroatoms. The molecular weight excluding hydrogens is 350 g/mol. The third-order valence-electron chi connectivity index (χ3n) is 4.98. The number of pyridine rings is 1. The number of rotatable bonds is 4. The molecule has 0 aliphatic heterocycles. The fourth-order valence-electron chi connectivity index (χ4n) is 3.36. The summed E-state index contributed by atoms with van der Waals surface area (Å²) in [5.41, 5.74) is 7.52. The van der Waals surface area contributed by atoms with Crippen LogP contribution in [0.5, 0.6) is 0 Å².